The van der Waals surface area contributed by atoms with Crippen molar-refractivity contribution in [3.05, 3.63) is 35.7 Å². The third-order valence-corrected chi connectivity index (χ3v) is 3.55. The van der Waals surface area contributed by atoms with Crippen molar-refractivity contribution in [1.82, 2.24) is 14.9 Å². The highest BCUT2D eigenvalue weighted by molar-refractivity contribution is 6.16. The minimum Gasteiger partial charge on any atom is -0.346 e. The van der Waals surface area contributed by atoms with Crippen molar-refractivity contribution in [2.24, 2.45) is 0 Å². The van der Waals surface area contributed by atoms with Crippen LogP contribution in [0.1, 0.15) is 32.8 Å². The van der Waals surface area contributed by atoms with E-state index < -0.39 is 5.54 Å². The Labute approximate surface area is 122 Å². The zero-order chi connectivity index (χ0) is 15.2. The molecule has 0 aliphatic carbocycles. The second kappa shape index (κ2) is 4.55. The summed E-state index contributed by atoms with van der Waals surface area (Å²) in [6.07, 6.45) is 5.46. The Kier molecular flexibility index (Phi) is 2.93. The van der Waals surface area contributed by atoms with Gasteiger partial charge in [0.15, 0.2) is 0 Å². The van der Waals surface area contributed by atoms with Gasteiger partial charge in [0.05, 0.1) is 6.42 Å². The van der Waals surface area contributed by atoms with Gasteiger partial charge in [-0.15, -0.1) is 0 Å². The maximum atomic E-state index is 12.4. The van der Waals surface area contributed by atoms with Crippen LogP contribution in [0.3, 0.4) is 0 Å². The molecule has 1 fully saturated rings. The Morgan fingerprint density at radius 2 is 2.10 bits per heavy atom. The number of likely N-dealkylation sites (tertiary alicyclic amines) is 1. The lowest BCUT2D eigenvalue weighted by Crippen LogP contribution is -2.44. The van der Waals surface area contributed by atoms with Gasteiger partial charge in [-0.1, -0.05) is 0 Å². The fraction of sp³-hybridized carbons (Fsp3) is 0.312. The van der Waals surface area contributed by atoms with Crippen LogP contribution in [0.5, 0.6) is 0 Å². The van der Waals surface area contributed by atoms with E-state index in [0.29, 0.717) is 5.57 Å². The minimum atomic E-state index is -0.495. The summed E-state index contributed by atoms with van der Waals surface area (Å²) in [7, 11) is 0. The van der Waals surface area contributed by atoms with E-state index in [0.717, 1.165) is 16.6 Å². The van der Waals surface area contributed by atoms with Crippen molar-refractivity contribution in [2.75, 3.05) is 0 Å². The van der Waals surface area contributed by atoms with Crippen LogP contribution in [0.2, 0.25) is 0 Å². The Morgan fingerprint density at radius 1 is 1.33 bits per heavy atom. The van der Waals surface area contributed by atoms with Crippen molar-refractivity contribution in [1.29, 1.82) is 0 Å². The third-order valence-electron chi connectivity index (χ3n) is 3.55. The molecule has 2 amide bonds. The SMILES string of the molecule is CC(C)(C)N1C(=O)C/C(=C/c2c[nH]c3ncccc23)C1=O. The molecule has 0 aromatic carbocycles. The lowest BCUT2D eigenvalue weighted by molar-refractivity contribution is -0.142. The smallest absolute Gasteiger partial charge is 0.257 e. The molecule has 1 aliphatic rings. The maximum Gasteiger partial charge on any atom is 0.257 e. The van der Waals surface area contributed by atoms with Gasteiger partial charge in [0.25, 0.3) is 5.91 Å². The quantitative estimate of drug-likeness (QED) is 0.646. The number of carbonyl (C=O) groups excluding carboxylic acids is 2. The van der Waals surface area contributed by atoms with E-state index >= 15 is 0 Å². The molecule has 108 valence electrons. The number of nitrogens with one attached hydrogen (secondary N) is 1. The van der Waals surface area contributed by atoms with Crippen molar-refractivity contribution in [2.45, 2.75) is 32.7 Å². The lowest BCUT2D eigenvalue weighted by atomic mass is 10.1. The summed E-state index contributed by atoms with van der Waals surface area (Å²) in [5, 5.41) is 0.944. The topological polar surface area (TPSA) is 66.1 Å². The number of fused-ring (bicyclic) bond motifs is 1. The van der Waals surface area contributed by atoms with E-state index in [1.165, 1.54) is 4.90 Å². The highest BCUT2D eigenvalue weighted by Gasteiger charge is 2.40. The molecule has 2 aromatic heterocycles. The number of aromatic nitrogens is 2. The van der Waals surface area contributed by atoms with Crippen LogP contribution in [-0.2, 0) is 9.59 Å². The summed E-state index contributed by atoms with van der Waals surface area (Å²) in [5.74, 6) is -0.345. The van der Waals surface area contributed by atoms with Crippen LogP contribution in [0.15, 0.2) is 30.1 Å². The molecule has 21 heavy (non-hydrogen) atoms. The molecular weight excluding hydrogens is 266 g/mol. The number of hydrogen-bond acceptors (Lipinski definition) is 3. The first-order valence-corrected chi connectivity index (χ1v) is 6.88. The fourth-order valence-electron chi connectivity index (χ4n) is 2.65. The molecule has 0 saturated carbocycles. The molecule has 3 rings (SSSR count). The maximum absolute atomic E-state index is 12.4. The first-order valence-electron chi connectivity index (χ1n) is 6.88. The number of aromatic amines is 1. The molecule has 5 nitrogen and oxygen atoms in total. The molecule has 1 N–H and O–H groups in total. The Hall–Kier alpha value is -2.43. The van der Waals surface area contributed by atoms with E-state index in [-0.39, 0.29) is 18.2 Å². The number of amides is 2. The van der Waals surface area contributed by atoms with Gasteiger partial charge in [-0.3, -0.25) is 14.5 Å². The molecule has 0 bridgehead atoms. The van der Waals surface area contributed by atoms with Crippen molar-refractivity contribution in [3.8, 4) is 0 Å². The molecule has 5 heteroatoms. The number of pyridine rings is 1. The first kappa shape index (κ1) is 13.5. The van der Waals surface area contributed by atoms with Crippen LogP contribution < -0.4 is 0 Å². The lowest BCUT2D eigenvalue weighted by Gasteiger charge is -2.29. The van der Waals surface area contributed by atoms with E-state index in [1.54, 1.807) is 12.3 Å². The molecule has 3 heterocycles. The second-order valence-corrected chi connectivity index (χ2v) is 6.20. The molecular formula is C16H17N3O2. The van der Waals surface area contributed by atoms with Gasteiger partial charge < -0.3 is 4.98 Å². The number of H-pyrrole nitrogens is 1. The Bertz CT molecular complexity index is 765. The van der Waals surface area contributed by atoms with Crippen LogP contribution in [0.4, 0.5) is 0 Å². The summed E-state index contributed by atoms with van der Waals surface area (Å²) >= 11 is 0. The highest BCUT2D eigenvalue weighted by Crippen LogP contribution is 2.29. The van der Waals surface area contributed by atoms with Crippen LogP contribution in [-0.4, -0.2) is 32.2 Å². The van der Waals surface area contributed by atoms with Crippen molar-refractivity contribution < 1.29 is 9.59 Å². The fourth-order valence-corrected chi connectivity index (χ4v) is 2.65. The van der Waals surface area contributed by atoms with Gasteiger partial charge in [0.1, 0.15) is 5.65 Å². The van der Waals surface area contributed by atoms with E-state index in [1.807, 2.05) is 39.1 Å². The van der Waals surface area contributed by atoms with Gasteiger partial charge in [-0.05, 0) is 39.0 Å². The van der Waals surface area contributed by atoms with Gasteiger partial charge >= 0.3 is 0 Å². The van der Waals surface area contributed by atoms with Crippen molar-refractivity contribution in [3.63, 3.8) is 0 Å². The van der Waals surface area contributed by atoms with E-state index in [9.17, 15) is 9.59 Å². The summed E-state index contributed by atoms with van der Waals surface area (Å²) in [6, 6.07) is 3.79. The van der Waals surface area contributed by atoms with Gasteiger partial charge in [0, 0.05) is 34.5 Å². The Morgan fingerprint density at radius 3 is 2.76 bits per heavy atom. The van der Waals surface area contributed by atoms with E-state index in [4.69, 9.17) is 0 Å². The molecule has 0 unspecified atom stereocenters. The molecule has 0 spiro atoms. The van der Waals surface area contributed by atoms with Crippen molar-refractivity contribution >= 4 is 28.9 Å². The average molecular weight is 283 g/mol. The molecule has 1 saturated heterocycles. The average Bonchev–Trinajstić information content (AvgIpc) is 2.92. The standard InChI is InChI=1S/C16H17N3O2/c1-16(2,3)19-13(20)8-10(15(19)21)7-11-9-18-14-12(11)5-4-6-17-14/h4-7,9H,8H2,1-3H3,(H,17,18)/b10-7-. The largest absolute Gasteiger partial charge is 0.346 e. The third kappa shape index (κ3) is 2.24. The molecule has 2 aromatic rings. The summed E-state index contributed by atoms with van der Waals surface area (Å²) in [4.78, 5) is 33.1. The van der Waals surface area contributed by atoms with Gasteiger partial charge in [0.2, 0.25) is 5.91 Å². The second-order valence-electron chi connectivity index (χ2n) is 6.20. The highest BCUT2D eigenvalue weighted by atomic mass is 16.2. The van der Waals surface area contributed by atoms with Gasteiger partial charge in [-0.2, -0.15) is 0 Å². The molecule has 1 aliphatic heterocycles. The van der Waals surface area contributed by atoms with Gasteiger partial charge in [-0.25, -0.2) is 4.98 Å². The first-order chi connectivity index (χ1) is 9.88. The van der Waals surface area contributed by atoms with E-state index in [2.05, 4.69) is 9.97 Å². The Balaban J connectivity index is 2.02. The minimum absolute atomic E-state index is 0.142. The number of carbonyl (C=O) groups is 2. The zero-order valence-electron chi connectivity index (χ0n) is 12.3. The monoisotopic (exact) mass is 283 g/mol. The predicted octanol–water partition coefficient (Wildman–Crippen LogP) is 2.50. The summed E-state index contributed by atoms with van der Waals surface area (Å²) < 4.78 is 0. The molecule has 0 atom stereocenters. The summed E-state index contributed by atoms with van der Waals surface area (Å²) in [6.45, 7) is 5.59. The number of hydrogen-bond donors (Lipinski definition) is 1. The van der Waals surface area contributed by atoms with Crippen LogP contribution in [0, 0.1) is 0 Å². The van der Waals surface area contributed by atoms with Crippen LogP contribution in [0.25, 0.3) is 17.1 Å². The molecule has 0 radical (unpaired) electrons. The summed E-state index contributed by atoms with van der Waals surface area (Å²) in [5.41, 5.74) is 1.68. The van der Waals surface area contributed by atoms with Crippen LogP contribution >= 0.6 is 0 Å². The normalized spacial score (nSPS) is 18.2. The number of rotatable bonds is 1. The number of nitrogens with zero attached hydrogens (tertiary/aromatic N) is 2. The zero-order valence-corrected chi connectivity index (χ0v) is 12.3. The number of imide groups is 1. The predicted molar refractivity (Wildman–Crippen MR) is 80.3 cm³/mol.